The molecule has 0 fully saturated rings. The molecule has 0 aliphatic carbocycles. The summed E-state index contributed by atoms with van der Waals surface area (Å²) in [7, 11) is 0. The first-order valence-electron chi connectivity index (χ1n) is 9.77. The van der Waals surface area contributed by atoms with Gasteiger partial charge in [-0.25, -0.2) is 4.98 Å². The van der Waals surface area contributed by atoms with Crippen molar-refractivity contribution in [3.63, 3.8) is 0 Å². The third kappa shape index (κ3) is 4.00. The molecule has 9 heteroatoms. The lowest BCUT2D eigenvalue weighted by Crippen LogP contribution is -2.04. The molecule has 7 nitrogen and oxygen atoms in total. The van der Waals surface area contributed by atoms with Gasteiger partial charge in [-0.05, 0) is 41.5 Å². The maximum Gasteiger partial charge on any atom is 0.223 e. The van der Waals surface area contributed by atoms with Crippen molar-refractivity contribution in [3.8, 4) is 11.1 Å². The summed E-state index contributed by atoms with van der Waals surface area (Å²) in [6, 6.07) is 18.2. The molecule has 0 saturated heterocycles. The van der Waals surface area contributed by atoms with Gasteiger partial charge in [-0.15, -0.1) is 0 Å². The highest BCUT2D eigenvalue weighted by molar-refractivity contribution is 9.10. The number of fused-ring (bicyclic) bond motifs is 3. The van der Waals surface area contributed by atoms with E-state index in [1.165, 1.54) is 18.3 Å². The third-order valence-corrected chi connectivity index (χ3v) is 6.52. The number of H-pyrrole nitrogens is 2. The number of amides is 1. The highest BCUT2D eigenvalue weighted by Crippen LogP contribution is 2.33. The van der Waals surface area contributed by atoms with Crippen LogP contribution >= 0.6 is 27.3 Å². The molecule has 3 N–H and O–H groups in total. The smallest absolute Gasteiger partial charge is 0.223 e. The Labute approximate surface area is 195 Å². The molecule has 0 saturated carbocycles. The van der Waals surface area contributed by atoms with Gasteiger partial charge in [0.15, 0.2) is 5.13 Å². The van der Waals surface area contributed by atoms with Crippen molar-refractivity contribution in [1.29, 1.82) is 0 Å². The van der Waals surface area contributed by atoms with Crippen LogP contribution in [0.1, 0.15) is 6.92 Å². The first-order valence-corrected chi connectivity index (χ1v) is 11.4. The SMILES string of the molecule is Brc1cccc2[nH]ncc12.CC(=O)Nc1nc2ccc(-c3cccc4[nH]ncc34)cc2s1. The van der Waals surface area contributed by atoms with E-state index in [-0.39, 0.29) is 5.91 Å². The molecule has 3 heterocycles. The first kappa shape index (κ1) is 20.3. The molecule has 0 atom stereocenters. The third-order valence-electron chi connectivity index (χ3n) is 4.90. The number of aromatic nitrogens is 5. The monoisotopic (exact) mass is 504 g/mol. The van der Waals surface area contributed by atoms with Crippen LogP contribution < -0.4 is 5.32 Å². The maximum absolute atomic E-state index is 11.1. The number of thiazole rings is 1. The summed E-state index contributed by atoms with van der Waals surface area (Å²) in [6.45, 7) is 1.48. The molecular weight excluding hydrogens is 488 g/mol. The molecule has 0 spiro atoms. The predicted octanol–water partition coefficient (Wildman–Crippen LogP) is 6.12. The fourth-order valence-electron chi connectivity index (χ4n) is 3.45. The predicted molar refractivity (Wildman–Crippen MR) is 133 cm³/mol. The van der Waals surface area contributed by atoms with E-state index >= 15 is 0 Å². The van der Waals surface area contributed by atoms with E-state index in [2.05, 4.69) is 58.8 Å². The number of halogens is 1. The van der Waals surface area contributed by atoms with E-state index in [0.29, 0.717) is 5.13 Å². The second-order valence-corrected chi connectivity index (χ2v) is 8.98. The van der Waals surface area contributed by atoms with Crippen LogP contribution in [0, 0.1) is 0 Å². The van der Waals surface area contributed by atoms with E-state index in [0.717, 1.165) is 47.6 Å². The van der Waals surface area contributed by atoms with Gasteiger partial charge in [0.1, 0.15) is 0 Å². The molecule has 1 amide bonds. The number of nitrogens with one attached hydrogen (secondary N) is 3. The zero-order valence-electron chi connectivity index (χ0n) is 16.9. The first-order chi connectivity index (χ1) is 15.6. The second-order valence-electron chi connectivity index (χ2n) is 7.09. The van der Waals surface area contributed by atoms with Crippen molar-refractivity contribution in [2.24, 2.45) is 0 Å². The Morgan fingerprint density at radius 2 is 1.69 bits per heavy atom. The van der Waals surface area contributed by atoms with Crippen LogP contribution in [0.2, 0.25) is 0 Å². The van der Waals surface area contributed by atoms with Gasteiger partial charge >= 0.3 is 0 Å². The number of hydrogen-bond donors (Lipinski definition) is 3. The summed E-state index contributed by atoms with van der Waals surface area (Å²) in [5, 5.41) is 19.5. The quantitative estimate of drug-likeness (QED) is 0.264. The van der Waals surface area contributed by atoms with Crippen molar-refractivity contribution in [1.82, 2.24) is 25.4 Å². The van der Waals surface area contributed by atoms with Crippen molar-refractivity contribution in [2.75, 3.05) is 5.32 Å². The van der Waals surface area contributed by atoms with Crippen LogP contribution in [-0.4, -0.2) is 31.3 Å². The van der Waals surface area contributed by atoms with Crippen LogP contribution in [0.5, 0.6) is 0 Å². The Morgan fingerprint density at radius 3 is 2.44 bits per heavy atom. The van der Waals surface area contributed by atoms with Crippen LogP contribution in [0.25, 0.3) is 43.1 Å². The van der Waals surface area contributed by atoms with Gasteiger partial charge < -0.3 is 5.32 Å². The molecule has 3 aromatic carbocycles. The van der Waals surface area contributed by atoms with Crippen LogP contribution in [0.15, 0.2) is 71.5 Å². The summed E-state index contributed by atoms with van der Waals surface area (Å²) >= 11 is 4.89. The van der Waals surface area contributed by atoms with Gasteiger partial charge in [-0.3, -0.25) is 15.0 Å². The summed E-state index contributed by atoms with van der Waals surface area (Å²) < 4.78 is 2.13. The topological polar surface area (TPSA) is 99.4 Å². The highest BCUT2D eigenvalue weighted by atomic mass is 79.9. The van der Waals surface area contributed by atoms with E-state index in [1.807, 2.05) is 48.7 Å². The number of nitrogens with zero attached hydrogens (tertiary/aromatic N) is 3. The second kappa shape index (κ2) is 8.52. The van der Waals surface area contributed by atoms with Crippen molar-refractivity contribution in [3.05, 3.63) is 71.5 Å². The molecule has 6 aromatic rings. The van der Waals surface area contributed by atoms with Crippen LogP contribution in [0.4, 0.5) is 5.13 Å². The number of rotatable bonds is 2. The standard InChI is InChI=1S/C16H12N4OS.C7H5BrN2/c1-9(21)18-16-19-14-6-5-10(7-15(14)22-16)11-3-2-4-13-12(11)8-17-20-13;8-6-2-1-3-7-5(6)4-9-10-7/h2-8H,1H3,(H,17,20)(H,18,19,21);1-4H,(H,9,10). The molecular formula is C23H17BrN6OS. The van der Waals surface area contributed by atoms with E-state index < -0.39 is 0 Å². The molecule has 3 aromatic heterocycles. The van der Waals surface area contributed by atoms with Gasteiger partial charge in [0.25, 0.3) is 0 Å². The molecule has 0 unspecified atom stereocenters. The van der Waals surface area contributed by atoms with Crippen molar-refractivity contribution < 1.29 is 4.79 Å². The summed E-state index contributed by atoms with van der Waals surface area (Å²) in [5.74, 6) is -0.109. The molecule has 6 rings (SSSR count). The number of aromatic amines is 2. The van der Waals surface area contributed by atoms with E-state index in [9.17, 15) is 4.79 Å². The normalized spacial score (nSPS) is 10.9. The van der Waals surface area contributed by atoms with Gasteiger partial charge in [0, 0.05) is 22.2 Å². The number of hydrogen-bond acceptors (Lipinski definition) is 5. The molecule has 0 aliphatic rings. The zero-order valence-corrected chi connectivity index (χ0v) is 19.3. The molecule has 0 aliphatic heterocycles. The highest BCUT2D eigenvalue weighted by Gasteiger charge is 2.09. The number of carbonyl (C=O) groups excluding carboxylic acids is 1. The fraction of sp³-hybridized carbons (Fsp3) is 0.0435. The van der Waals surface area contributed by atoms with Gasteiger partial charge in [-0.2, -0.15) is 10.2 Å². The van der Waals surface area contributed by atoms with Gasteiger partial charge in [-0.1, -0.05) is 51.5 Å². The Bertz CT molecular complexity index is 1570. The lowest BCUT2D eigenvalue weighted by Gasteiger charge is -2.03. The Hall–Kier alpha value is -3.56. The van der Waals surface area contributed by atoms with E-state index in [1.54, 1.807) is 6.20 Å². The maximum atomic E-state index is 11.1. The zero-order chi connectivity index (χ0) is 22.1. The summed E-state index contributed by atoms with van der Waals surface area (Å²) in [6.07, 6.45) is 3.64. The fourth-order valence-corrected chi connectivity index (χ4v) is 4.87. The summed E-state index contributed by atoms with van der Waals surface area (Å²) in [5.41, 5.74) is 5.20. The Balaban J connectivity index is 0.000000180. The average Bonchev–Trinajstić information content (AvgIpc) is 3.52. The van der Waals surface area contributed by atoms with Gasteiger partial charge in [0.2, 0.25) is 5.91 Å². The van der Waals surface area contributed by atoms with Crippen molar-refractivity contribution in [2.45, 2.75) is 6.92 Å². The molecule has 158 valence electrons. The lowest BCUT2D eigenvalue weighted by molar-refractivity contribution is -0.114. The average molecular weight is 505 g/mol. The summed E-state index contributed by atoms with van der Waals surface area (Å²) in [4.78, 5) is 15.5. The molecule has 32 heavy (non-hydrogen) atoms. The minimum absolute atomic E-state index is 0.109. The number of anilines is 1. The van der Waals surface area contributed by atoms with Crippen molar-refractivity contribution >= 4 is 70.3 Å². The minimum Gasteiger partial charge on any atom is -0.302 e. The van der Waals surface area contributed by atoms with Gasteiger partial charge in [0.05, 0.1) is 33.6 Å². The molecule has 0 radical (unpaired) electrons. The Morgan fingerprint density at radius 1 is 0.969 bits per heavy atom. The minimum atomic E-state index is -0.109. The lowest BCUT2D eigenvalue weighted by atomic mass is 10.0. The van der Waals surface area contributed by atoms with E-state index in [4.69, 9.17) is 0 Å². The van der Waals surface area contributed by atoms with Crippen LogP contribution in [-0.2, 0) is 4.79 Å². The largest absolute Gasteiger partial charge is 0.302 e. The number of carbonyl (C=O) groups is 1. The van der Waals surface area contributed by atoms with Crippen LogP contribution in [0.3, 0.4) is 0 Å². The molecule has 0 bridgehead atoms. The number of benzene rings is 3. The Kier molecular flexibility index (Phi) is 5.42.